The van der Waals surface area contributed by atoms with E-state index in [-0.39, 0.29) is 0 Å². The van der Waals surface area contributed by atoms with Gasteiger partial charge >= 0.3 is 0 Å². The van der Waals surface area contributed by atoms with E-state index in [0.29, 0.717) is 10.7 Å². The van der Waals surface area contributed by atoms with Gasteiger partial charge in [-0.05, 0) is 20.3 Å². The molecule has 0 aromatic rings. The lowest BCUT2D eigenvalue weighted by Gasteiger charge is -2.31. The van der Waals surface area contributed by atoms with Gasteiger partial charge in [0.15, 0.2) is 0 Å². The maximum Gasteiger partial charge on any atom is 0.0533 e. The smallest absolute Gasteiger partial charge is 0.0533 e. The Labute approximate surface area is 78.1 Å². The molecule has 1 aliphatic heterocycles. The Morgan fingerprint density at radius 2 is 1.73 bits per heavy atom. The summed E-state index contributed by atoms with van der Waals surface area (Å²) in [6.07, 6.45) is 2.66. The normalized spacial score (nSPS) is 39.0. The second-order valence-electron chi connectivity index (χ2n) is 2.94. The minimum atomic E-state index is 0.641. The van der Waals surface area contributed by atoms with Crippen molar-refractivity contribution in [3.05, 3.63) is 0 Å². The zero-order valence-electron chi connectivity index (χ0n) is 7.46. The van der Waals surface area contributed by atoms with Gasteiger partial charge in [0.1, 0.15) is 0 Å². The fraction of sp³-hybridized carbons (Fsp3) is 1.00. The summed E-state index contributed by atoms with van der Waals surface area (Å²) in [6.45, 7) is 6.77. The quantitative estimate of drug-likeness (QED) is 0.721. The van der Waals surface area contributed by atoms with E-state index in [1.54, 1.807) is 0 Å². The lowest BCUT2D eigenvalue weighted by Crippen LogP contribution is -2.36. The number of thioether (sulfide) groups is 2. The van der Waals surface area contributed by atoms with Crippen molar-refractivity contribution >= 4 is 23.5 Å². The van der Waals surface area contributed by atoms with Gasteiger partial charge in [0, 0.05) is 0 Å². The molecule has 0 bridgehead atoms. The summed E-state index contributed by atoms with van der Waals surface area (Å²) in [5.41, 5.74) is 0. The minimum absolute atomic E-state index is 0.641. The molecule has 1 rings (SSSR count). The first-order chi connectivity index (χ1) is 5.22. The average Bonchev–Trinajstić information content (AvgIpc) is 1.85. The van der Waals surface area contributed by atoms with Gasteiger partial charge in [0.25, 0.3) is 0 Å². The average molecular weight is 191 g/mol. The molecule has 0 aromatic carbocycles. The first kappa shape index (κ1) is 9.75. The van der Waals surface area contributed by atoms with Gasteiger partial charge in [-0.1, -0.05) is 13.3 Å². The summed E-state index contributed by atoms with van der Waals surface area (Å²) in [7, 11) is 0. The largest absolute Gasteiger partial charge is 0.294 e. The summed E-state index contributed by atoms with van der Waals surface area (Å²) >= 11 is 4.13. The molecule has 0 spiro atoms. The molecule has 3 heteroatoms. The van der Waals surface area contributed by atoms with E-state index in [0.717, 1.165) is 4.58 Å². The fourth-order valence-electron chi connectivity index (χ4n) is 1.27. The van der Waals surface area contributed by atoms with E-state index < -0.39 is 0 Å². The third-order valence-corrected chi connectivity index (χ3v) is 4.54. The zero-order valence-corrected chi connectivity index (χ0v) is 9.10. The highest BCUT2D eigenvalue weighted by Crippen LogP contribution is 2.36. The monoisotopic (exact) mass is 191 g/mol. The maximum atomic E-state index is 3.49. The van der Waals surface area contributed by atoms with Crippen LogP contribution < -0.4 is 5.32 Å². The third kappa shape index (κ3) is 3.26. The van der Waals surface area contributed by atoms with E-state index in [4.69, 9.17) is 0 Å². The molecule has 0 aromatic heterocycles. The lowest BCUT2D eigenvalue weighted by molar-refractivity contribution is 0.667. The van der Waals surface area contributed by atoms with Crippen LogP contribution in [0.1, 0.15) is 33.6 Å². The number of nitrogens with one attached hydrogen (secondary N) is 1. The van der Waals surface area contributed by atoms with Crippen LogP contribution in [0.2, 0.25) is 0 Å². The highest BCUT2D eigenvalue weighted by Gasteiger charge is 2.22. The summed E-state index contributed by atoms with van der Waals surface area (Å²) in [5.74, 6) is 0. The topological polar surface area (TPSA) is 12.0 Å². The van der Waals surface area contributed by atoms with E-state index in [1.807, 2.05) is 0 Å². The maximum absolute atomic E-state index is 3.49. The Hall–Kier alpha value is 0.660. The molecule has 0 saturated carbocycles. The van der Waals surface area contributed by atoms with Crippen molar-refractivity contribution < 1.29 is 0 Å². The predicted octanol–water partition coefficient (Wildman–Crippen LogP) is 2.87. The molecule has 3 atom stereocenters. The Bertz CT molecular complexity index is 109. The van der Waals surface area contributed by atoms with Crippen LogP contribution in [-0.2, 0) is 0 Å². The van der Waals surface area contributed by atoms with Gasteiger partial charge < -0.3 is 0 Å². The molecule has 1 fully saturated rings. The SMILES string of the molecule is CCCC1S[C@H](C)N[C@H](C)S1. The Balaban J connectivity index is 2.30. The molecule has 1 N–H and O–H groups in total. The van der Waals surface area contributed by atoms with E-state index in [2.05, 4.69) is 49.6 Å². The van der Waals surface area contributed by atoms with Crippen LogP contribution >= 0.6 is 23.5 Å². The van der Waals surface area contributed by atoms with Crippen molar-refractivity contribution in [2.45, 2.75) is 48.9 Å². The van der Waals surface area contributed by atoms with Crippen molar-refractivity contribution in [2.75, 3.05) is 0 Å². The molecule has 0 aliphatic carbocycles. The Morgan fingerprint density at radius 1 is 1.18 bits per heavy atom. The zero-order chi connectivity index (χ0) is 8.27. The highest BCUT2D eigenvalue weighted by atomic mass is 32.2. The first-order valence-electron chi connectivity index (χ1n) is 4.29. The molecule has 0 radical (unpaired) electrons. The van der Waals surface area contributed by atoms with Crippen molar-refractivity contribution in [3.63, 3.8) is 0 Å². The first-order valence-corrected chi connectivity index (χ1v) is 6.18. The summed E-state index contributed by atoms with van der Waals surface area (Å²) < 4.78 is 0.825. The number of hydrogen-bond donors (Lipinski definition) is 1. The van der Waals surface area contributed by atoms with Crippen LogP contribution in [0.5, 0.6) is 0 Å². The minimum Gasteiger partial charge on any atom is -0.294 e. The van der Waals surface area contributed by atoms with E-state index >= 15 is 0 Å². The van der Waals surface area contributed by atoms with Gasteiger partial charge in [0.2, 0.25) is 0 Å². The fourth-order valence-corrected chi connectivity index (χ4v) is 4.83. The third-order valence-electron chi connectivity index (χ3n) is 1.71. The van der Waals surface area contributed by atoms with Gasteiger partial charge in [-0.15, -0.1) is 23.5 Å². The van der Waals surface area contributed by atoms with Crippen LogP contribution in [0.4, 0.5) is 0 Å². The van der Waals surface area contributed by atoms with Gasteiger partial charge in [0.05, 0.1) is 15.3 Å². The van der Waals surface area contributed by atoms with Crippen molar-refractivity contribution in [1.29, 1.82) is 0 Å². The summed E-state index contributed by atoms with van der Waals surface area (Å²) in [4.78, 5) is 0. The van der Waals surface area contributed by atoms with Crippen LogP contribution in [0.25, 0.3) is 0 Å². The van der Waals surface area contributed by atoms with Crippen LogP contribution in [0.15, 0.2) is 0 Å². The summed E-state index contributed by atoms with van der Waals surface area (Å²) in [5, 5.41) is 4.78. The number of hydrogen-bond acceptors (Lipinski definition) is 3. The lowest BCUT2D eigenvalue weighted by atomic mass is 10.4. The molecule has 66 valence electrons. The van der Waals surface area contributed by atoms with Crippen molar-refractivity contribution in [2.24, 2.45) is 0 Å². The molecule has 1 saturated heterocycles. The molecule has 1 nitrogen and oxygen atoms in total. The van der Waals surface area contributed by atoms with Gasteiger partial charge in [-0.2, -0.15) is 0 Å². The highest BCUT2D eigenvalue weighted by molar-refractivity contribution is 8.18. The molecule has 11 heavy (non-hydrogen) atoms. The molecule has 1 heterocycles. The second-order valence-corrected chi connectivity index (χ2v) is 6.34. The second kappa shape index (κ2) is 4.63. The molecule has 0 amide bonds. The standard InChI is InChI=1S/C8H17NS2/c1-4-5-8-10-6(2)9-7(3)11-8/h6-9H,4-5H2,1-3H3/t6-,7+,8?. The van der Waals surface area contributed by atoms with Gasteiger partial charge in [-0.3, -0.25) is 5.32 Å². The Morgan fingerprint density at radius 3 is 2.18 bits per heavy atom. The van der Waals surface area contributed by atoms with Crippen molar-refractivity contribution in [3.8, 4) is 0 Å². The molecular formula is C8H17NS2. The van der Waals surface area contributed by atoms with Crippen LogP contribution in [0.3, 0.4) is 0 Å². The number of rotatable bonds is 2. The molecule has 1 aliphatic rings. The van der Waals surface area contributed by atoms with E-state index in [1.165, 1.54) is 12.8 Å². The summed E-state index contributed by atoms with van der Waals surface area (Å²) in [6, 6.07) is 0. The van der Waals surface area contributed by atoms with E-state index in [9.17, 15) is 0 Å². The van der Waals surface area contributed by atoms with Crippen LogP contribution in [-0.4, -0.2) is 15.3 Å². The van der Waals surface area contributed by atoms with Crippen LogP contribution in [0, 0.1) is 0 Å². The van der Waals surface area contributed by atoms with Crippen molar-refractivity contribution in [1.82, 2.24) is 5.32 Å². The van der Waals surface area contributed by atoms with Gasteiger partial charge in [-0.25, -0.2) is 0 Å². The molecular weight excluding hydrogens is 174 g/mol. The molecule has 1 unspecified atom stereocenters. The Kier molecular flexibility index (Phi) is 4.10. The predicted molar refractivity (Wildman–Crippen MR) is 55.9 cm³/mol.